The van der Waals surface area contributed by atoms with E-state index in [4.69, 9.17) is 14.9 Å². The lowest BCUT2D eigenvalue weighted by atomic mass is 9.81. The summed E-state index contributed by atoms with van der Waals surface area (Å²) in [5.41, 5.74) is 6.37. The molecule has 0 spiro atoms. The maximum Gasteiger partial charge on any atom is 0.446 e. The molecule has 1 saturated carbocycles. The molecule has 0 radical (unpaired) electrons. The van der Waals surface area contributed by atoms with Crippen molar-refractivity contribution in [2.24, 2.45) is 11.7 Å². The molecule has 2 heterocycles. The molecule has 11 heteroatoms. The summed E-state index contributed by atoms with van der Waals surface area (Å²) in [5.74, 6) is -0.306. The fraction of sp³-hybridized carbons (Fsp3) is 0.333. The van der Waals surface area contributed by atoms with Gasteiger partial charge < -0.3 is 11.1 Å². The average molecular weight is 425 g/mol. The molecular weight excluding hydrogens is 411 g/mol. The molecule has 1 aromatic carbocycles. The second-order valence-corrected chi connectivity index (χ2v) is 7.00. The average Bonchev–Trinajstić information content (AvgIpc) is 3.19. The first-order valence-electron chi connectivity index (χ1n) is 7.89. The van der Waals surface area contributed by atoms with Crippen LogP contribution in [0.2, 0.25) is 0 Å². The van der Waals surface area contributed by atoms with Crippen LogP contribution in [0.5, 0.6) is 0 Å². The van der Waals surface area contributed by atoms with Crippen molar-refractivity contribution in [2.75, 3.05) is 11.9 Å². The van der Waals surface area contributed by atoms with Gasteiger partial charge in [0.05, 0.1) is 10.2 Å². The van der Waals surface area contributed by atoms with Gasteiger partial charge in [0.1, 0.15) is 5.82 Å². The van der Waals surface area contributed by atoms with Gasteiger partial charge in [0, 0.05) is 12.6 Å². The first kappa shape index (κ1) is 16.9. The number of aromatic nitrogens is 4. The maximum atomic E-state index is 13.5. The van der Waals surface area contributed by atoms with E-state index in [1.165, 1.54) is 18.2 Å². The number of benzene rings is 1. The van der Waals surface area contributed by atoms with Crippen molar-refractivity contribution in [1.82, 2.24) is 20.0 Å². The first-order valence-corrected chi connectivity index (χ1v) is 8.68. The first-order chi connectivity index (χ1) is 12.5. The fourth-order valence-corrected chi connectivity index (χ4v) is 3.26. The monoisotopic (exact) mass is 424 g/mol. The molecule has 2 aromatic heterocycles. The zero-order valence-electron chi connectivity index (χ0n) is 13.4. The highest BCUT2D eigenvalue weighted by atomic mass is 79.9. The van der Waals surface area contributed by atoms with Crippen LogP contribution in [-0.2, 0) is 0 Å². The van der Waals surface area contributed by atoms with Gasteiger partial charge >= 0.3 is 5.76 Å². The van der Waals surface area contributed by atoms with Gasteiger partial charge in [-0.25, -0.2) is 18.4 Å². The maximum absolute atomic E-state index is 13.5. The summed E-state index contributed by atoms with van der Waals surface area (Å²) in [6.07, 6.45) is 1.87. The van der Waals surface area contributed by atoms with E-state index < -0.39 is 11.6 Å². The Hall–Kier alpha value is -2.53. The number of hydrogen-bond donors (Lipinski definition) is 2. The Morgan fingerprint density at radius 1 is 1.35 bits per heavy atom. The summed E-state index contributed by atoms with van der Waals surface area (Å²) >= 11 is 3.09. The summed E-state index contributed by atoms with van der Waals surface area (Å²) in [4.78, 5) is 12.1. The second-order valence-electron chi connectivity index (χ2n) is 6.15. The molecule has 3 aromatic rings. The van der Waals surface area contributed by atoms with Crippen LogP contribution in [0.3, 0.4) is 0 Å². The van der Waals surface area contributed by atoms with E-state index in [9.17, 15) is 9.18 Å². The van der Waals surface area contributed by atoms with E-state index in [0.29, 0.717) is 24.0 Å². The van der Waals surface area contributed by atoms with Crippen molar-refractivity contribution in [1.29, 1.82) is 0 Å². The quantitative estimate of drug-likeness (QED) is 0.636. The Kier molecular flexibility index (Phi) is 4.32. The topological polar surface area (TPSA) is 125 Å². The van der Waals surface area contributed by atoms with Crippen molar-refractivity contribution < 1.29 is 13.5 Å². The minimum atomic E-state index is -0.738. The van der Waals surface area contributed by atoms with Crippen LogP contribution in [0.1, 0.15) is 12.8 Å². The van der Waals surface area contributed by atoms with E-state index >= 15 is 0 Å². The SMILES string of the molecule is NC1CC(CNc2nonc2-c2noc(=O)n2-c2ccc(F)c(Br)c2)C1. The van der Waals surface area contributed by atoms with Crippen molar-refractivity contribution in [3.8, 4) is 17.2 Å². The molecule has 0 unspecified atom stereocenters. The molecule has 1 aliphatic rings. The number of hydrogen-bond acceptors (Lipinski definition) is 8. The number of halogens is 2. The van der Waals surface area contributed by atoms with E-state index in [-0.39, 0.29) is 22.0 Å². The Morgan fingerprint density at radius 2 is 2.15 bits per heavy atom. The van der Waals surface area contributed by atoms with Gasteiger partial charge in [-0.15, -0.1) is 0 Å². The summed E-state index contributed by atoms with van der Waals surface area (Å²) in [7, 11) is 0. The largest absolute Gasteiger partial charge is 0.446 e. The Bertz CT molecular complexity index is 993. The molecule has 0 atom stereocenters. The van der Waals surface area contributed by atoms with Gasteiger partial charge in [0.15, 0.2) is 5.69 Å². The third-order valence-corrected chi connectivity index (χ3v) is 4.90. The third kappa shape index (κ3) is 3.03. The lowest BCUT2D eigenvalue weighted by molar-refractivity contribution is 0.278. The predicted octanol–water partition coefficient (Wildman–Crippen LogP) is 1.93. The van der Waals surface area contributed by atoms with Gasteiger partial charge in [-0.3, -0.25) is 4.52 Å². The van der Waals surface area contributed by atoms with Crippen LogP contribution < -0.4 is 16.8 Å². The molecule has 4 rings (SSSR count). The standard InChI is InChI=1S/C15H14BrFN6O3/c16-10-5-9(1-2-11(10)17)23-14(22-25-15(23)24)12-13(21-26-20-12)19-6-7-3-8(18)4-7/h1-2,5,7-8H,3-4,6,18H2,(H,19,21). The Balaban J connectivity index is 1.66. The third-order valence-electron chi connectivity index (χ3n) is 4.30. The fourth-order valence-electron chi connectivity index (χ4n) is 2.90. The number of nitrogens with one attached hydrogen (secondary N) is 1. The van der Waals surface area contributed by atoms with Crippen LogP contribution in [-0.4, -0.2) is 32.6 Å². The molecule has 1 aliphatic carbocycles. The van der Waals surface area contributed by atoms with E-state index in [0.717, 1.165) is 17.4 Å². The molecule has 0 aliphatic heterocycles. The van der Waals surface area contributed by atoms with Crippen molar-refractivity contribution in [3.63, 3.8) is 0 Å². The molecular formula is C15H14BrFN6O3. The second kappa shape index (κ2) is 6.65. The zero-order valence-corrected chi connectivity index (χ0v) is 14.9. The zero-order chi connectivity index (χ0) is 18.3. The van der Waals surface area contributed by atoms with E-state index in [1.54, 1.807) is 0 Å². The lowest BCUT2D eigenvalue weighted by Crippen LogP contribution is -2.39. The van der Waals surface area contributed by atoms with Crippen molar-refractivity contribution in [3.05, 3.63) is 39.0 Å². The normalized spacial score (nSPS) is 19.3. The van der Waals surface area contributed by atoms with E-state index in [1.807, 2.05) is 0 Å². The minimum absolute atomic E-state index is 0.0996. The van der Waals surface area contributed by atoms with Gasteiger partial charge in [-0.1, -0.05) is 5.16 Å². The Labute approximate surface area is 154 Å². The summed E-state index contributed by atoms with van der Waals surface area (Å²) < 4.78 is 24.4. The molecule has 26 heavy (non-hydrogen) atoms. The lowest BCUT2D eigenvalue weighted by Gasteiger charge is -2.32. The van der Waals surface area contributed by atoms with Gasteiger partial charge in [0.25, 0.3) is 0 Å². The minimum Gasteiger partial charge on any atom is -0.365 e. The molecule has 0 saturated heterocycles. The highest BCUT2D eigenvalue weighted by molar-refractivity contribution is 9.10. The van der Waals surface area contributed by atoms with Crippen molar-refractivity contribution in [2.45, 2.75) is 18.9 Å². The molecule has 136 valence electrons. The van der Waals surface area contributed by atoms with Crippen LogP contribution in [0.4, 0.5) is 10.2 Å². The molecule has 1 fully saturated rings. The molecule has 0 bridgehead atoms. The van der Waals surface area contributed by atoms with Gasteiger partial charge in [-0.2, -0.15) is 0 Å². The summed E-state index contributed by atoms with van der Waals surface area (Å²) in [6.45, 7) is 0.652. The van der Waals surface area contributed by atoms with Crippen LogP contribution in [0.25, 0.3) is 17.2 Å². The summed E-state index contributed by atoms with van der Waals surface area (Å²) in [6, 6.07) is 4.34. The van der Waals surface area contributed by atoms with Crippen LogP contribution >= 0.6 is 15.9 Å². The highest BCUT2D eigenvalue weighted by Crippen LogP contribution is 2.29. The van der Waals surface area contributed by atoms with Crippen LogP contribution in [0, 0.1) is 11.7 Å². The Morgan fingerprint density at radius 3 is 2.88 bits per heavy atom. The smallest absolute Gasteiger partial charge is 0.365 e. The number of anilines is 1. The number of nitrogens with two attached hydrogens (primary N) is 1. The highest BCUT2D eigenvalue weighted by Gasteiger charge is 2.27. The van der Waals surface area contributed by atoms with Crippen molar-refractivity contribution >= 4 is 21.7 Å². The van der Waals surface area contributed by atoms with Crippen LogP contribution in [0.15, 0.2) is 36.6 Å². The molecule has 0 amide bonds. The predicted molar refractivity (Wildman–Crippen MR) is 92.2 cm³/mol. The van der Waals surface area contributed by atoms with E-state index in [2.05, 4.69) is 36.7 Å². The van der Waals surface area contributed by atoms with Gasteiger partial charge in [-0.05, 0) is 63.2 Å². The molecule has 3 N–H and O–H groups in total. The number of rotatable bonds is 5. The van der Waals surface area contributed by atoms with Gasteiger partial charge in [0.2, 0.25) is 11.6 Å². The molecule has 9 nitrogen and oxygen atoms in total. The number of nitrogens with zero attached hydrogens (tertiary/aromatic N) is 4. The summed E-state index contributed by atoms with van der Waals surface area (Å²) in [5, 5.41) is 14.5.